The molecular weight excluding hydrogens is 428 g/mol. The Morgan fingerprint density at radius 3 is 2.90 bits per heavy atom. The molecule has 4 rings (SSSR count). The molecule has 0 unspecified atom stereocenters. The number of fused-ring (bicyclic) bond motifs is 1. The molecule has 3 heterocycles. The summed E-state index contributed by atoms with van der Waals surface area (Å²) in [6.07, 6.45) is 3.52. The van der Waals surface area contributed by atoms with Crippen LogP contribution in [0.3, 0.4) is 0 Å². The quantitative estimate of drug-likeness (QED) is 0.329. The van der Waals surface area contributed by atoms with Crippen LogP contribution in [0, 0.1) is 0 Å². The molecule has 150 valence electrons. The van der Waals surface area contributed by atoms with E-state index in [0.29, 0.717) is 15.4 Å². The van der Waals surface area contributed by atoms with Gasteiger partial charge in [-0.2, -0.15) is 0 Å². The van der Waals surface area contributed by atoms with Gasteiger partial charge in [-0.15, -0.1) is 29.3 Å². The molecule has 0 spiro atoms. The number of nitrogens with zero attached hydrogens (tertiary/aromatic N) is 2. The number of aromatic nitrogens is 2. The van der Waals surface area contributed by atoms with E-state index in [1.165, 1.54) is 15.9 Å². The van der Waals surface area contributed by atoms with Gasteiger partial charge in [-0.05, 0) is 24.3 Å². The van der Waals surface area contributed by atoms with Gasteiger partial charge in [-0.1, -0.05) is 23.9 Å². The van der Waals surface area contributed by atoms with Crippen LogP contribution in [0.2, 0.25) is 0 Å². The van der Waals surface area contributed by atoms with Crippen LogP contribution in [0.1, 0.15) is 12.8 Å². The Hall–Kier alpha value is -2.43. The molecule has 0 atom stereocenters. The second kappa shape index (κ2) is 8.52. The number of thioether (sulfide) groups is 1. The molecule has 10 heteroatoms. The Kier molecular flexibility index (Phi) is 5.84. The number of rotatable bonds is 7. The molecule has 3 amide bonds. The summed E-state index contributed by atoms with van der Waals surface area (Å²) in [5, 5.41) is 9.93. The summed E-state index contributed by atoms with van der Waals surface area (Å²) in [6, 6.07) is 3.61. The summed E-state index contributed by atoms with van der Waals surface area (Å²) in [5.74, 6) is -0.450. The van der Waals surface area contributed by atoms with E-state index in [-0.39, 0.29) is 23.9 Å². The van der Waals surface area contributed by atoms with E-state index in [1.54, 1.807) is 17.4 Å². The number of nitrogens with one attached hydrogen (secondary N) is 2. The van der Waals surface area contributed by atoms with Crippen LogP contribution in [-0.2, 0) is 11.3 Å². The molecule has 7 nitrogen and oxygen atoms in total. The highest BCUT2D eigenvalue weighted by Gasteiger charge is 2.24. The third-order valence-corrected chi connectivity index (χ3v) is 7.01. The maximum absolute atomic E-state index is 13.2. The summed E-state index contributed by atoms with van der Waals surface area (Å²) >= 11 is 4.10. The lowest BCUT2D eigenvalue weighted by molar-refractivity contribution is -0.117. The van der Waals surface area contributed by atoms with Gasteiger partial charge in [0.25, 0.3) is 5.56 Å². The first-order chi connectivity index (χ1) is 14.1. The zero-order valence-corrected chi connectivity index (χ0v) is 17.8. The molecule has 3 aromatic heterocycles. The first-order valence-electron chi connectivity index (χ1n) is 8.96. The molecule has 0 aliphatic heterocycles. The highest BCUT2D eigenvalue weighted by molar-refractivity contribution is 7.99. The first kappa shape index (κ1) is 19.9. The smallest absolute Gasteiger partial charge is 0.321 e. The van der Waals surface area contributed by atoms with E-state index >= 15 is 0 Å². The average Bonchev–Trinajstić information content (AvgIpc) is 3.17. The van der Waals surface area contributed by atoms with Crippen molar-refractivity contribution in [3.63, 3.8) is 0 Å². The van der Waals surface area contributed by atoms with E-state index in [2.05, 4.69) is 22.2 Å². The van der Waals surface area contributed by atoms with Gasteiger partial charge in [0, 0.05) is 28.4 Å². The fourth-order valence-corrected chi connectivity index (χ4v) is 5.37. The number of imide groups is 1. The summed E-state index contributed by atoms with van der Waals surface area (Å²) in [5.41, 5.74) is 0.718. The second-order valence-electron chi connectivity index (χ2n) is 6.49. The predicted octanol–water partition coefficient (Wildman–Crippen LogP) is 3.45. The third kappa shape index (κ3) is 4.44. The Labute approximate surface area is 178 Å². The van der Waals surface area contributed by atoms with Gasteiger partial charge in [0.05, 0.1) is 11.1 Å². The number of carbonyl (C=O) groups is 2. The molecule has 1 fully saturated rings. The van der Waals surface area contributed by atoms with Crippen LogP contribution >= 0.6 is 34.4 Å². The van der Waals surface area contributed by atoms with Crippen molar-refractivity contribution in [2.45, 2.75) is 30.6 Å². The lowest BCUT2D eigenvalue weighted by Crippen LogP contribution is -2.41. The summed E-state index contributed by atoms with van der Waals surface area (Å²) in [6.45, 7) is 4.01. The molecule has 0 saturated heterocycles. The Bertz CT molecular complexity index is 1130. The van der Waals surface area contributed by atoms with Crippen LogP contribution in [0.25, 0.3) is 20.7 Å². The van der Waals surface area contributed by atoms with E-state index in [0.717, 1.165) is 35.0 Å². The number of hydrogen-bond acceptors (Lipinski definition) is 7. The standard InChI is InChI=1S/C19H18N4O3S3/c1-2-7-23-17(25)15-12(13-4-3-8-27-13)9-28-16(15)22-19(23)29-10-14(24)21-18(26)20-11-5-6-11/h2-4,8-9,11H,1,5-7,10H2,(H2,20,21,24,26). The van der Waals surface area contributed by atoms with Crippen molar-refractivity contribution in [1.82, 2.24) is 20.2 Å². The summed E-state index contributed by atoms with van der Waals surface area (Å²) in [4.78, 5) is 43.2. The van der Waals surface area contributed by atoms with Crippen LogP contribution in [0.15, 0.2) is 45.5 Å². The third-order valence-electron chi connectivity index (χ3n) is 4.25. The van der Waals surface area contributed by atoms with Crippen molar-refractivity contribution in [1.29, 1.82) is 0 Å². The van der Waals surface area contributed by atoms with Gasteiger partial charge in [0.15, 0.2) is 5.16 Å². The summed E-state index contributed by atoms with van der Waals surface area (Å²) in [7, 11) is 0. The zero-order valence-electron chi connectivity index (χ0n) is 15.3. The van der Waals surface area contributed by atoms with Gasteiger partial charge in [-0.25, -0.2) is 9.78 Å². The van der Waals surface area contributed by atoms with Crippen molar-refractivity contribution in [3.05, 3.63) is 45.9 Å². The maximum Gasteiger partial charge on any atom is 0.321 e. The van der Waals surface area contributed by atoms with Crippen LogP contribution in [0.5, 0.6) is 0 Å². The van der Waals surface area contributed by atoms with Crippen molar-refractivity contribution in [2.75, 3.05) is 5.75 Å². The highest BCUT2D eigenvalue weighted by Crippen LogP contribution is 2.34. The van der Waals surface area contributed by atoms with Crippen molar-refractivity contribution >= 4 is 56.6 Å². The largest absolute Gasteiger partial charge is 0.335 e. The van der Waals surface area contributed by atoms with Crippen molar-refractivity contribution < 1.29 is 9.59 Å². The fraction of sp³-hybridized carbons (Fsp3) is 0.263. The Morgan fingerprint density at radius 2 is 2.21 bits per heavy atom. The lowest BCUT2D eigenvalue weighted by atomic mass is 10.2. The average molecular weight is 447 g/mol. The fourth-order valence-electron chi connectivity index (χ4n) is 2.76. The number of carbonyl (C=O) groups excluding carboxylic acids is 2. The van der Waals surface area contributed by atoms with E-state index in [1.807, 2.05) is 22.9 Å². The van der Waals surface area contributed by atoms with Gasteiger partial charge >= 0.3 is 6.03 Å². The van der Waals surface area contributed by atoms with E-state index < -0.39 is 11.9 Å². The molecule has 2 N–H and O–H groups in total. The minimum Gasteiger partial charge on any atom is -0.335 e. The molecular formula is C19H18N4O3S3. The molecule has 1 aliphatic carbocycles. The maximum atomic E-state index is 13.2. The molecule has 29 heavy (non-hydrogen) atoms. The van der Waals surface area contributed by atoms with E-state index in [4.69, 9.17) is 0 Å². The monoisotopic (exact) mass is 446 g/mol. The predicted molar refractivity (Wildman–Crippen MR) is 118 cm³/mol. The number of thiophene rings is 2. The highest BCUT2D eigenvalue weighted by atomic mass is 32.2. The van der Waals surface area contributed by atoms with Crippen molar-refractivity contribution in [2.24, 2.45) is 0 Å². The van der Waals surface area contributed by atoms with E-state index in [9.17, 15) is 14.4 Å². The minimum atomic E-state index is -0.483. The van der Waals surface area contributed by atoms with Crippen LogP contribution < -0.4 is 16.2 Å². The number of hydrogen-bond donors (Lipinski definition) is 2. The second-order valence-corrected chi connectivity index (χ2v) is 9.24. The number of amides is 3. The van der Waals surface area contributed by atoms with Gasteiger partial charge in [-0.3, -0.25) is 19.5 Å². The molecule has 3 aromatic rings. The van der Waals surface area contributed by atoms with Crippen LogP contribution in [-0.4, -0.2) is 33.3 Å². The Morgan fingerprint density at radius 1 is 1.38 bits per heavy atom. The molecule has 1 aliphatic rings. The number of allylic oxidation sites excluding steroid dienone is 1. The molecule has 1 saturated carbocycles. The topological polar surface area (TPSA) is 93.1 Å². The van der Waals surface area contributed by atoms with Crippen LogP contribution in [0.4, 0.5) is 4.79 Å². The first-order valence-corrected chi connectivity index (χ1v) is 11.7. The summed E-state index contributed by atoms with van der Waals surface area (Å²) < 4.78 is 1.52. The minimum absolute atomic E-state index is 0.0175. The SMILES string of the molecule is C=CCn1c(SCC(=O)NC(=O)NC2CC2)nc2scc(-c3cccs3)c2c1=O. The normalized spacial score (nSPS) is 13.4. The zero-order chi connectivity index (χ0) is 20.4. The Balaban J connectivity index is 1.57. The molecule has 0 radical (unpaired) electrons. The molecule has 0 aromatic carbocycles. The van der Waals surface area contributed by atoms with Crippen molar-refractivity contribution in [3.8, 4) is 10.4 Å². The van der Waals surface area contributed by atoms with Gasteiger partial charge in [0.1, 0.15) is 4.83 Å². The van der Waals surface area contributed by atoms with Gasteiger partial charge in [0.2, 0.25) is 5.91 Å². The number of urea groups is 1. The van der Waals surface area contributed by atoms with Gasteiger partial charge < -0.3 is 5.32 Å². The molecule has 0 bridgehead atoms. The lowest BCUT2D eigenvalue weighted by Gasteiger charge is -2.10.